The molecule has 1 aliphatic carbocycles. The summed E-state index contributed by atoms with van der Waals surface area (Å²) in [5.74, 6) is 0.138. The largest absolute Gasteiger partial charge is 0.378 e. The molecule has 17 heavy (non-hydrogen) atoms. The molecule has 2 aromatic rings. The number of hydrogen-bond acceptors (Lipinski definition) is 2. The summed E-state index contributed by atoms with van der Waals surface area (Å²) in [6.07, 6.45) is 0. The first-order valence-corrected chi connectivity index (χ1v) is 5.64. The maximum atomic E-state index is 12.2. The normalized spacial score (nSPS) is 12.2. The molecule has 0 heterocycles. The van der Waals surface area contributed by atoms with Crippen molar-refractivity contribution in [3.63, 3.8) is 0 Å². The van der Waals surface area contributed by atoms with Crippen LogP contribution in [0.25, 0.3) is 11.1 Å². The van der Waals surface area contributed by atoms with Crippen LogP contribution < -0.4 is 4.90 Å². The summed E-state index contributed by atoms with van der Waals surface area (Å²) >= 11 is 0. The van der Waals surface area contributed by atoms with Gasteiger partial charge in [0.2, 0.25) is 0 Å². The minimum Gasteiger partial charge on any atom is -0.378 e. The van der Waals surface area contributed by atoms with Crippen LogP contribution in [0.2, 0.25) is 0 Å². The van der Waals surface area contributed by atoms with Crippen molar-refractivity contribution in [1.29, 1.82) is 0 Å². The zero-order valence-electron chi connectivity index (χ0n) is 9.90. The van der Waals surface area contributed by atoms with Crippen molar-refractivity contribution < 1.29 is 4.79 Å². The number of carbonyl (C=O) groups excluding carboxylic acids is 1. The first-order valence-electron chi connectivity index (χ1n) is 5.64. The molecule has 84 valence electrons. The summed E-state index contributed by atoms with van der Waals surface area (Å²) in [7, 11) is 3.96. The van der Waals surface area contributed by atoms with Crippen molar-refractivity contribution in [3.8, 4) is 11.1 Å². The van der Waals surface area contributed by atoms with E-state index in [4.69, 9.17) is 0 Å². The molecule has 0 saturated carbocycles. The van der Waals surface area contributed by atoms with E-state index in [-0.39, 0.29) is 5.78 Å². The van der Waals surface area contributed by atoms with Gasteiger partial charge in [-0.05, 0) is 23.3 Å². The van der Waals surface area contributed by atoms with Crippen molar-refractivity contribution in [3.05, 3.63) is 53.6 Å². The molecule has 0 fully saturated rings. The van der Waals surface area contributed by atoms with Gasteiger partial charge in [-0.3, -0.25) is 4.79 Å². The molecule has 2 nitrogen and oxygen atoms in total. The van der Waals surface area contributed by atoms with Crippen LogP contribution in [0.3, 0.4) is 0 Å². The summed E-state index contributed by atoms with van der Waals surface area (Å²) < 4.78 is 0. The molecule has 0 spiro atoms. The first-order chi connectivity index (χ1) is 8.18. The first kappa shape index (κ1) is 10.1. The second kappa shape index (κ2) is 3.45. The summed E-state index contributed by atoms with van der Waals surface area (Å²) in [4.78, 5) is 14.3. The van der Waals surface area contributed by atoms with Gasteiger partial charge in [0.15, 0.2) is 5.78 Å². The molecule has 0 bridgehead atoms. The summed E-state index contributed by atoms with van der Waals surface area (Å²) in [5.41, 5.74) is 4.80. The number of carbonyl (C=O) groups is 1. The maximum Gasteiger partial charge on any atom is 0.194 e. The van der Waals surface area contributed by atoms with Gasteiger partial charge < -0.3 is 4.90 Å². The molecule has 0 aromatic heterocycles. The summed E-state index contributed by atoms with van der Waals surface area (Å²) in [6, 6.07) is 13.8. The van der Waals surface area contributed by atoms with E-state index < -0.39 is 0 Å². The van der Waals surface area contributed by atoms with Crippen LogP contribution in [-0.4, -0.2) is 19.9 Å². The number of anilines is 1. The SMILES string of the molecule is CN(C)c1ccc2c(c1)C(=O)c1ccccc1-2. The zero-order valence-corrected chi connectivity index (χ0v) is 9.90. The Balaban J connectivity index is 2.24. The molecule has 0 amide bonds. The van der Waals surface area contributed by atoms with Crippen LogP contribution in [0.4, 0.5) is 5.69 Å². The van der Waals surface area contributed by atoms with Gasteiger partial charge in [0.25, 0.3) is 0 Å². The molecular formula is C15H13NO. The fourth-order valence-corrected chi connectivity index (χ4v) is 2.29. The standard InChI is InChI=1S/C15H13NO/c1-16(2)10-7-8-12-11-5-3-4-6-13(11)15(17)14(12)9-10/h3-9H,1-2H3. The number of fused-ring (bicyclic) bond motifs is 3. The Hall–Kier alpha value is -2.09. The van der Waals surface area contributed by atoms with Crippen LogP contribution in [0.5, 0.6) is 0 Å². The van der Waals surface area contributed by atoms with E-state index in [9.17, 15) is 4.79 Å². The van der Waals surface area contributed by atoms with Crippen molar-refractivity contribution in [2.45, 2.75) is 0 Å². The Morgan fingerprint density at radius 2 is 1.47 bits per heavy atom. The minimum absolute atomic E-state index is 0.138. The van der Waals surface area contributed by atoms with E-state index in [1.165, 1.54) is 0 Å². The fourth-order valence-electron chi connectivity index (χ4n) is 2.29. The van der Waals surface area contributed by atoms with E-state index in [1.54, 1.807) is 0 Å². The predicted molar refractivity (Wildman–Crippen MR) is 69.6 cm³/mol. The van der Waals surface area contributed by atoms with Crippen molar-refractivity contribution >= 4 is 11.5 Å². The van der Waals surface area contributed by atoms with Crippen LogP contribution in [-0.2, 0) is 0 Å². The molecule has 3 rings (SSSR count). The zero-order chi connectivity index (χ0) is 12.0. The van der Waals surface area contributed by atoms with Crippen LogP contribution in [0.15, 0.2) is 42.5 Å². The van der Waals surface area contributed by atoms with Gasteiger partial charge >= 0.3 is 0 Å². The van der Waals surface area contributed by atoms with Crippen LogP contribution >= 0.6 is 0 Å². The predicted octanol–water partition coefficient (Wildman–Crippen LogP) is 2.96. The molecule has 0 unspecified atom stereocenters. The van der Waals surface area contributed by atoms with Gasteiger partial charge in [-0.1, -0.05) is 30.3 Å². The molecule has 0 N–H and O–H groups in total. The molecule has 0 aliphatic heterocycles. The second-order valence-corrected chi connectivity index (χ2v) is 4.50. The topological polar surface area (TPSA) is 20.3 Å². The molecule has 2 heteroatoms. The fraction of sp³-hybridized carbons (Fsp3) is 0.133. The maximum absolute atomic E-state index is 12.2. The van der Waals surface area contributed by atoms with Crippen molar-refractivity contribution in [1.82, 2.24) is 0 Å². The van der Waals surface area contributed by atoms with Gasteiger partial charge in [-0.25, -0.2) is 0 Å². The lowest BCUT2D eigenvalue weighted by molar-refractivity contribution is 0.104. The number of hydrogen-bond donors (Lipinski definition) is 0. The Kier molecular flexibility index (Phi) is 2.05. The molecule has 0 radical (unpaired) electrons. The monoisotopic (exact) mass is 223 g/mol. The lowest BCUT2D eigenvalue weighted by Gasteiger charge is -2.13. The third kappa shape index (κ3) is 1.37. The van der Waals surface area contributed by atoms with E-state index in [0.29, 0.717) is 0 Å². The third-order valence-corrected chi connectivity index (χ3v) is 3.23. The van der Waals surface area contributed by atoms with Gasteiger partial charge in [0.1, 0.15) is 0 Å². The lowest BCUT2D eigenvalue weighted by atomic mass is 10.1. The van der Waals surface area contributed by atoms with E-state index >= 15 is 0 Å². The van der Waals surface area contributed by atoms with E-state index in [0.717, 1.165) is 27.9 Å². The van der Waals surface area contributed by atoms with E-state index in [2.05, 4.69) is 0 Å². The Bertz CT molecular complexity index is 614. The van der Waals surface area contributed by atoms with Gasteiger partial charge in [0.05, 0.1) is 0 Å². The molecule has 1 aliphatic rings. The molecular weight excluding hydrogens is 210 g/mol. The molecule has 2 aromatic carbocycles. The van der Waals surface area contributed by atoms with Crippen molar-refractivity contribution in [2.24, 2.45) is 0 Å². The van der Waals surface area contributed by atoms with Crippen molar-refractivity contribution in [2.75, 3.05) is 19.0 Å². The van der Waals surface area contributed by atoms with Crippen LogP contribution in [0, 0.1) is 0 Å². The number of rotatable bonds is 1. The smallest absolute Gasteiger partial charge is 0.194 e. The van der Waals surface area contributed by atoms with E-state index in [1.807, 2.05) is 61.5 Å². The minimum atomic E-state index is 0.138. The summed E-state index contributed by atoms with van der Waals surface area (Å²) in [6.45, 7) is 0. The highest BCUT2D eigenvalue weighted by Gasteiger charge is 2.26. The Morgan fingerprint density at radius 3 is 2.18 bits per heavy atom. The highest BCUT2D eigenvalue weighted by Crippen LogP contribution is 2.37. The third-order valence-electron chi connectivity index (χ3n) is 3.23. The second-order valence-electron chi connectivity index (χ2n) is 4.50. The van der Waals surface area contributed by atoms with Gasteiger partial charge in [-0.2, -0.15) is 0 Å². The van der Waals surface area contributed by atoms with Crippen LogP contribution in [0.1, 0.15) is 15.9 Å². The summed E-state index contributed by atoms with van der Waals surface area (Å²) in [5, 5.41) is 0. The lowest BCUT2D eigenvalue weighted by Crippen LogP contribution is -2.09. The average Bonchev–Trinajstić information content (AvgIpc) is 2.64. The Labute approximate surface area is 100 Å². The highest BCUT2D eigenvalue weighted by molar-refractivity contribution is 6.22. The molecule has 0 atom stereocenters. The van der Waals surface area contributed by atoms with Gasteiger partial charge in [0, 0.05) is 30.9 Å². The number of benzene rings is 2. The highest BCUT2D eigenvalue weighted by atomic mass is 16.1. The van der Waals surface area contributed by atoms with Gasteiger partial charge in [-0.15, -0.1) is 0 Å². The molecule has 0 saturated heterocycles. The average molecular weight is 223 g/mol. The Morgan fingerprint density at radius 1 is 0.824 bits per heavy atom. The number of nitrogens with zero attached hydrogens (tertiary/aromatic N) is 1. The number of ketones is 1. The quantitative estimate of drug-likeness (QED) is 0.632.